The number of benzene rings is 16. The van der Waals surface area contributed by atoms with Crippen LogP contribution in [0.3, 0.4) is 0 Å². The van der Waals surface area contributed by atoms with Crippen molar-refractivity contribution in [3.63, 3.8) is 0 Å². The van der Waals surface area contributed by atoms with Gasteiger partial charge >= 0.3 is 0 Å². The highest BCUT2D eigenvalue weighted by Gasteiger charge is 2.26. The molecule has 0 fully saturated rings. The Morgan fingerprint density at radius 1 is 0.177 bits per heavy atom. The minimum Gasteiger partial charge on any atom is -0.309 e. The lowest BCUT2D eigenvalue weighted by atomic mass is 9.95. The Labute approximate surface area is 715 Å². The van der Waals surface area contributed by atoms with Gasteiger partial charge in [-0.25, -0.2) is 29.0 Å². The van der Waals surface area contributed by atoms with Gasteiger partial charge < -0.3 is 9.13 Å². The monoisotopic (exact) mass is 1580 g/mol. The van der Waals surface area contributed by atoms with E-state index in [1.165, 1.54) is 54.4 Å². The van der Waals surface area contributed by atoms with E-state index < -0.39 is 0 Å². The van der Waals surface area contributed by atoms with Crippen molar-refractivity contribution in [2.75, 3.05) is 0 Å². The maximum atomic E-state index is 5.41. The first-order chi connectivity index (χ1) is 61.5. The Hall–Kier alpha value is -16.8. The Bertz CT molecular complexity index is 8060. The molecule has 8 aromatic heterocycles. The van der Waals surface area contributed by atoms with Gasteiger partial charge in [-0.3, -0.25) is 0 Å². The van der Waals surface area contributed by atoms with Gasteiger partial charge in [0.2, 0.25) is 0 Å². The van der Waals surface area contributed by atoms with Gasteiger partial charge in [0, 0.05) is 110 Å². The number of rotatable bonds is 14. The zero-order chi connectivity index (χ0) is 82.0. The molecule has 124 heavy (non-hydrogen) atoms. The van der Waals surface area contributed by atoms with Crippen molar-refractivity contribution in [3.05, 3.63) is 449 Å². The molecule has 0 aliphatic carbocycles. The summed E-state index contributed by atoms with van der Waals surface area (Å²) in [5.74, 6) is 1.36. The Morgan fingerprint density at radius 2 is 0.460 bits per heavy atom. The molecule has 0 saturated carbocycles. The molecule has 24 aromatic rings. The highest BCUT2D eigenvalue weighted by atomic mass is 15.2. The molecule has 580 valence electrons. The summed E-state index contributed by atoms with van der Waals surface area (Å²) in [7, 11) is 0. The first kappa shape index (κ1) is 72.4. The molecule has 0 atom stereocenters. The maximum absolute atomic E-state index is 5.41. The number of aromatic nitrogens is 10. The van der Waals surface area contributed by atoms with E-state index in [-0.39, 0.29) is 0 Å². The molecule has 0 saturated heterocycles. The summed E-state index contributed by atoms with van der Waals surface area (Å²) in [6.07, 6.45) is 0. The molecular weight excluding hydrogens is 1510 g/mol. The fourth-order valence-electron chi connectivity index (χ4n) is 18.1. The van der Waals surface area contributed by atoms with Crippen LogP contribution in [0.2, 0.25) is 0 Å². The molecule has 0 unspecified atom stereocenters. The third-order valence-corrected chi connectivity index (χ3v) is 23.9. The van der Waals surface area contributed by atoms with Crippen LogP contribution in [0.5, 0.6) is 0 Å². The molecule has 0 bridgehead atoms. The van der Waals surface area contributed by atoms with Crippen LogP contribution in [0.15, 0.2) is 449 Å². The largest absolute Gasteiger partial charge is 0.309 e. The number of nitrogens with zero attached hydrogens (tertiary/aromatic N) is 10. The van der Waals surface area contributed by atoms with Crippen LogP contribution in [0.4, 0.5) is 0 Å². The van der Waals surface area contributed by atoms with E-state index in [1.807, 2.05) is 36.4 Å². The van der Waals surface area contributed by atoms with E-state index in [9.17, 15) is 0 Å². The number of para-hydroxylation sites is 4. The van der Waals surface area contributed by atoms with Crippen molar-refractivity contribution in [3.8, 4) is 146 Å². The fraction of sp³-hybridized carbons (Fsp3) is 0. The van der Waals surface area contributed by atoms with E-state index >= 15 is 0 Å². The van der Waals surface area contributed by atoms with Crippen molar-refractivity contribution in [2.45, 2.75) is 0 Å². The third kappa shape index (κ3) is 12.9. The number of hydrogen-bond acceptors (Lipinski definition) is 6. The normalized spacial score (nSPS) is 11.5. The van der Waals surface area contributed by atoms with Crippen molar-refractivity contribution in [2.24, 2.45) is 0 Å². The van der Waals surface area contributed by atoms with Gasteiger partial charge in [0.15, 0.2) is 11.6 Å². The van der Waals surface area contributed by atoms with E-state index in [2.05, 4.69) is 431 Å². The minimum atomic E-state index is 0.679. The predicted molar refractivity (Wildman–Crippen MR) is 510 cm³/mol. The third-order valence-electron chi connectivity index (χ3n) is 23.9. The molecular formula is C114H74N10. The highest BCUT2D eigenvalue weighted by Crippen LogP contribution is 2.46. The molecule has 0 N–H and O–H groups in total. The highest BCUT2D eigenvalue weighted by molar-refractivity contribution is 6.13. The van der Waals surface area contributed by atoms with Gasteiger partial charge in [-0.15, -0.1) is 0 Å². The van der Waals surface area contributed by atoms with Gasteiger partial charge in [0.25, 0.3) is 0 Å². The summed E-state index contributed by atoms with van der Waals surface area (Å²) >= 11 is 0. The van der Waals surface area contributed by atoms with Gasteiger partial charge in [0.05, 0.1) is 67.3 Å². The molecule has 0 spiro atoms. The summed E-state index contributed by atoms with van der Waals surface area (Å²) in [6.45, 7) is 0. The van der Waals surface area contributed by atoms with Crippen LogP contribution in [0, 0.1) is 0 Å². The number of hydrogen-bond donors (Lipinski definition) is 0. The summed E-state index contributed by atoms with van der Waals surface area (Å²) in [5.41, 5.74) is 31.1. The first-order valence-electron chi connectivity index (χ1n) is 41.9. The van der Waals surface area contributed by atoms with Crippen molar-refractivity contribution >= 4 is 76.2 Å². The molecule has 0 radical (unpaired) electrons. The second-order valence-electron chi connectivity index (χ2n) is 31.3. The topological polar surface area (TPSA) is 96.0 Å². The lowest BCUT2D eigenvalue weighted by Crippen LogP contribution is -1.98. The van der Waals surface area contributed by atoms with E-state index in [1.54, 1.807) is 0 Å². The van der Waals surface area contributed by atoms with Crippen molar-refractivity contribution in [1.29, 1.82) is 0 Å². The molecule has 0 aliphatic rings. The smallest absolute Gasteiger partial charge is 0.160 e. The average molecular weight is 1580 g/mol. The summed E-state index contributed by atoms with van der Waals surface area (Å²) in [4.78, 5) is 20.8. The second-order valence-corrected chi connectivity index (χ2v) is 31.3. The SMILES string of the molecule is c1ccc(-c2nc(-c3ccc(-c4c(-c5ccccc5)nn5c(-c6ccccc6)cc6ccccc6c45)cc3)cc(-c3ccc(-n4c5ccccc5c5ccccc54)cc3)n2)cc1.c1ccc(-c2nc(-c3ccc(-c4c(-c5ccccc5)nn5c(-c6ccccc6)cc6ccccc6c45)cc3)cc(-c3cccc(-n4c5ccccc5c5ccccc54)c3)n2)cc1. The zero-order valence-corrected chi connectivity index (χ0v) is 67.2. The fourth-order valence-corrected chi connectivity index (χ4v) is 18.1. The van der Waals surface area contributed by atoms with Crippen LogP contribution < -0.4 is 0 Å². The van der Waals surface area contributed by atoms with E-state index in [4.69, 9.17) is 30.1 Å². The van der Waals surface area contributed by atoms with Crippen LogP contribution in [0.1, 0.15) is 0 Å². The van der Waals surface area contributed by atoms with Crippen LogP contribution in [0.25, 0.3) is 223 Å². The van der Waals surface area contributed by atoms with Crippen LogP contribution >= 0.6 is 0 Å². The predicted octanol–water partition coefficient (Wildman–Crippen LogP) is 28.8. The van der Waals surface area contributed by atoms with Crippen LogP contribution in [-0.4, -0.2) is 48.3 Å². The Morgan fingerprint density at radius 3 is 0.831 bits per heavy atom. The standard InChI is InChI=1S/2C57H37N5/c1-4-17-39(18-5-1)53-36-43-23-10-11-26-46(43)56-54(55(60-62(53)56)41-19-6-2-7-20-41)40-33-31-38(32-34-40)49-37-50(59-57(58-49)42-21-8-3-9-22-42)44-24-16-25-45(35-44)61-51-29-14-12-27-47(51)48-28-13-15-30-52(48)61;1-4-16-40(17-5-1)53-36-44-22-10-11-23-46(44)56-54(55(60-62(53)56)42-18-6-2-7-19-42)41-30-28-38(29-31-41)49-37-50(59-57(58-49)43-20-8-3-9-21-43)39-32-34-45(35-33-39)61-51-26-14-12-24-47(51)48-25-13-15-27-52(48)61/h2*1-37H. The van der Waals surface area contributed by atoms with Gasteiger partial charge in [-0.1, -0.05) is 376 Å². The minimum absolute atomic E-state index is 0.679. The van der Waals surface area contributed by atoms with Crippen molar-refractivity contribution in [1.82, 2.24) is 48.3 Å². The average Bonchev–Trinajstić information content (AvgIpc) is 1.57. The van der Waals surface area contributed by atoms with Crippen molar-refractivity contribution < 1.29 is 0 Å². The Kier molecular flexibility index (Phi) is 18.0. The Balaban J connectivity index is 0.000000143. The molecule has 10 heteroatoms. The van der Waals surface area contributed by atoms with Gasteiger partial charge in [-0.05, 0) is 94.7 Å². The molecule has 0 aliphatic heterocycles. The summed E-state index contributed by atoms with van der Waals surface area (Å²) < 4.78 is 8.97. The van der Waals surface area contributed by atoms with Gasteiger partial charge in [0.1, 0.15) is 11.4 Å². The summed E-state index contributed by atoms with van der Waals surface area (Å²) in [6, 6.07) is 158. The molecule has 0 amide bonds. The van der Waals surface area contributed by atoms with E-state index in [0.717, 1.165) is 157 Å². The maximum Gasteiger partial charge on any atom is 0.160 e. The van der Waals surface area contributed by atoms with E-state index in [0.29, 0.717) is 11.6 Å². The molecule has 10 nitrogen and oxygen atoms in total. The number of pyridine rings is 2. The quantitative estimate of drug-likeness (QED) is 0.108. The lowest BCUT2D eigenvalue weighted by molar-refractivity contribution is 0.979. The number of fused-ring (bicyclic) bond motifs is 12. The first-order valence-corrected chi connectivity index (χ1v) is 41.9. The van der Waals surface area contributed by atoms with Gasteiger partial charge in [-0.2, -0.15) is 10.2 Å². The molecule has 24 rings (SSSR count). The molecule has 8 heterocycles. The summed E-state index contributed by atoms with van der Waals surface area (Å²) in [5, 5.41) is 20.4. The second kappa shape index (κ2) is 30.8. The lowest BCUT2D eigenvalue weighted by Gasteiger charge is -2.13. The van der Waals surface area contributed by atoms with Crippen LogP contribution in [-0.2, 0) is 0 Å². The molecule has 16 aromatic carbocycles. The zero-order valence-electron chi connectivity index (χ0n) is 67.2.